The normalized spacial score (nSPS) is 24.7. The molecule has 102 valence electrons. The van der Waals surface area contributed by atoms with E-state index in [1.165, 1.54) is 12.0 Å². The van der Waals surface area contributed by atoms with E-state index >= 15 is 0 Å². The fraction of sp³-hybridized carbons (Fsp3) is 0.786. The van der Waals surface area contributed by atoms with Gasteiger partial charge >= 0.3 is 0 Å². The van der Waals surface area contributed by atoms with Crippen LogP contribution in [0.25, 0.3) is 0 Å². The highest BCUT2D eigenvalue weighted by Gasteiger charge is 2.22. The Hall–Kier alpha value is -0.870. The molecule has 0 aliphatic carbocycles. The van der Waals surface area contributed by atoms with Crippen LogP contribution in [-0.4, -0.2) is 27.5 Å². The minimum Gasteiger partial charge on any atom is -0.373 e. The van der Waals surface area contributed by atoms with Gasteiger partial charge in [-0.2, -0.15) is 5.10 Å². The monoisotopic (exact) mass is 251 g/mol. The lowest BCUT2D eigenvalue weighted by atomic mass is 10.1. The lowest BCUT2D eigenvalue weighted by Gasteiger charge is -2.19. The van der Waals surface area contributed by atoms with E-state index in [0.29, 0.717) is 12.2 Å². The Bertz CT molecular complexity index is 381. The highest BCUT2D eigenvalue weighted by atomic mass is 16.5. The predicted octanol–water partition coefficient (Wildman–Crippen LogP) is 2.34. The molecule has 2 unspecified atom stereocenters. The summed E-state index contributed by atoms with van der Waals surface area (Å²) in [6.45, 7) is 10.4. The van der Waals surface area contributed by atoms with Gasteiger partial charge in [0.2, 0.25) is 0 Å². The maximum Gasteiger partial charge on any atom is 0.0775 e. The number of hydrogen-bond acceptors (Lipinski definition) is 3. The number of ether oxygens (including phenoxy) is 1. The Morgan fingerprint density at radius 2 is 2.22 bits per heavy atom. The number of nitrogens with one attached hydrogen (secondary N) is 1. The van der Waals surface area contributed by atoms with Crippen LogP contribution in [0.4, 0.5) is 0 Å². The van der Waals surface area contributed by atoms with Crippen molar-refractivity contribution in [2.75, 3.05) is 0 Å². The molecule has 0 bridgehead atoms. The van der Waals surface area contributed by atoms with Crippen LogP contribution in [0, 0.1) is 0 Å². The second-order valence-corrected chi connectivity index (χ2v) is 6.32. The lowest BCUT2D eigenvalue weighted by molar-refractivity contribution is 0.0437. The molecule has 2 atom stereocenters. The standard InChI is InChI=1S/C14H25N3O/c1-11-5-6-13(18-11)10-17-9-12(8-16-17)7-15-14(2,3)4/h8-9,11,13,15H,5-7,10H2,1-4H3. The summed E-state index contributed by atoms with van der Waals surface area (Å²) in [4.78, 5) is 0. The van der Waals surface area contributed by atoms with Crippen LogP contribution >= 0.6 is 0 Å². The molecule has 1 aromatic rings. The van der Waals surface area contributed by atoms with E-state index in [4.69, 9.17) is 4.74 Å². The molecule has 0 spiro atoms. The van der Waals surface area contributed by atoms with E-state index < -0.39 is 0 Å². The Balaban J connectivity index is 1.82. The van der Waals surface area contributed by atoms with Gasteiger partial charge in [0.05, 0.1) is 24.9 Å². The van der Waals surface area contributed by atoms with Crippen LogP contribution in [0.2, 0.25) is 0 Å². The van der Waals surface area contributed by atoms with E-state index in [0.717, 1.165) is 19.5 Å². The van der Waals surface area contributed by atoms with E-state index in [-0.39, 0.29) is 5.54 Å². The maximum atomic E-state index is 5.81. The van der Waals surface area contributed by atoms with Crippen molar-refractivity contribution in [3.8, 4) is 0 Å². The van der Waals surface area contributed by atoms with Crippen molar-refractivity contribution in [1.29, 1.82) is 0 Å². The fourth-order valence-corrected chi connectivity index (χ4v) is 2.19. The van der Waals surface area contributed by atoms with Crippen LogP contribution in [-0.2, 0) is 17.8 Å². The number of aromatic nitrogens is 2. The van der Waals surface area contributed by atoms with E-state index in [2.05, 4.69) is 44.3 Å². The Morgan fingerprint density at radius 3 is 2.83 bits per heavy atom. The summed E-state index contributed by atoms with van der Waals surface area (Å²) < 4.78 is 7.81. The van der Waals surface area contributed by atoms with Gasteiger partial charge in [-0.05, 0) is 40.5 Å². The van der Waals surface area contributed by atoms with Gasteiger partial charge in [0.25, 0.3) is 0 Å². The van der Waals surface area contributed by atoms with Crippen LogP contribution < -0.4 is 5.32 Å². The molecular formula is C14H25N3O. The molecule has 0 saturated carbocycles. The summed E-state index contributed by atoms with van der Waals surface area (Å²) in [5.41, 5.74) is 1.38. The Morgan fingerprint density at radius 1 is 1.44 bits per heavy atom. The van der Waals surface area contributed by atoms with Gasteiger partial charge in [-0.3, -0.25) is 4.68 Å². The highest BCUT2D eigenvalue weighted by molar-refractivity contribution is 5.04. The number of nitrogens with zero attached hydrogens (tertiary/aromatic N) is 2. The first-order chi connectivity index (χ1) is 8.42. The summed E-state index contributed by atoms with van der Waals surface area (Å²) in [7, 11) is 0. The average Bonchev–Trinajstić information content (AvgIpc) is 2.85. The molecule has 4 heteroatoms. The third-order valence-corrected chi connectivity index (χ3v) is 3.22. The summed E-state index contributed by atoms with van der Waals surface area (Å²) in [5.74, 6) is 0. The van der Waals surface area contributed by atoms with Crippen LogP contribution in [0.3, 0.4) is 0 Å². The van der Waals surface area contributed by atoms with E-state index in [1.54, 1.807) is 0 Å². The van der Waals surface area contributed by atoms with Crippen molar-refractivity contribution in [2.45, 2.75) is 71.4 Å². The summed E-state index contributed by atoms with van der Waals surface area (Å²) in [5, 5.41) is 7.87. The third kappa shape index (κ3) is 4.10. The van der Waals surface area contributed by atoms with Crippen molar-refractivity contribution in [1.82, 2.24) is 15.1 Å². The molecule has 18 heavy (non-hydrogen) atoms. The van der Waals surface area contributed by atoms with Crippen molar-refractivity contribution in [3.63, 3.8) is 0 Å². The first-order valence-electron chi connectivity index (χ1n) is 6.84. The zero-order chi connectivity index (χ0) is 13.2. The third-order valence-electron chi connectivity index (χ3n) is 3.22. The molecular weight excluding hydrogens is 226 g/mol. The highest BCUT2D eigenvalue weighted by Crippen LogP contribution is 2.20. The molecule has 4 nitrogen and oxygen atoms in total. The Kier molecular flexibility index (Phi) is 4.07. The number of hydrogen-bond donors (Lipinski definition) is 1. The lowest BCUT2D eigenvalue weighted by Crippen LogP contribution is -2.34. The van der Waals surface area contributed by atoms with Crippen molar-refractivity contribution in [3.05, 3.63) is 18.0 Å². The molecule has 2 rings (SSSR count). The summed E-state index contributed by atoms with van der Waals surface area (Å²) in [6.07, 6.45) is 7.12. The first-order valence-corrected chi connectivity index (χ1v) is 6.84. The zero-order valence-electron chi connectivity index (χ0n) is 11.9. The molecule has 1 aliphatic heterocycles. The van der Waals surface area contributed by atoms with Crippen molar-refractivity contribution < 1.29 is 4.74 Å². The molecule has 0 aromatic carbocycles. The average molecular weight is 251 g/mol. The second-order valence-electron chi connectivity index (χ2n) is 6.32. The maximum absolute atomic E-state index is 5.81. The zero-order valence-corrected chi connectivity index (χ0v) is 11.9. The quantitative estimate of drug-likeness (QED) is 0.892. The molecule has 1 aliphatic rings. The van der Waals surface area contributed by atoms with Gasteiger partial charge in [0.1, 0.15) is 0 Å². The van der Waals surface area contributed by atoms with Crippen molar-refractivity contribution in [2.24, 2.45) is 0 Å². The van der Waals surface area contributed by atoms with Crippen LogP contribution in [0.5, 0.6) is 0 Å². The van der Waals surface area contributed by atoms with Gasteiger partial charge in [-0.15, -0.1) is 0 Å². The van der Waals surface area contributed by atoms with E-state index in [9.17, 15) is 0 Å². The van der Waals surface area contributed by atoms with Gasteiger partial charge in [-0.25, -0.2) is 0 Å². The number of rotatable bonds is 4. The molecule has 1 saturated heterocycles. The Labute approximate surface area is 110 Å². The molecule has 1 fully saturated rings. The van der Waals surface area contributed by atoms with Gasteiger partial charge in [0, 0.05) is 23.8 Å². The van der Waals surface area contributed by atoms with Crippen LogP contribution in [0.15, 0.2) is 12.4 Å². The largest absolute Gasteiger partial charge is 0.373 e. The van der Waals surface area contributed by atoms with Gasteiger partial charge in [-0.1, -0.05) is 0 Å². The summed E-state index contributed by atoms with van der Waals surface area (Å²) >= 11 is 0. The van der Waals surface area contributed by atoms with Gasteiger partial charge in [0.15, 0.2) is 0 Å². The predicted molar refractivity (Wildman–Crippen MR) is 72.4 cm³/mol. The summed E-state index contributed by atoms with van der Waals surface area (Å²) in [6, 6.07) is 0. The second kappa shape index (κ2) is 5.41. The minimum absolute atomic E-state index is 0.145. The molecule has 1 aromatic heterocycles. The topological polar surface area (TPSA) is 39.1 Å². The molecule has 0 radical (unpaired) electrons. The minimum atomic E-state index is 0.145. The first kappa shape index (κ1) is 13.6. The van der Waals surface area contributed by atoms with Gasteiger partial charge < -0.3 is 10.1 Å². The van der Waals surface area contributed by atoms with Crippen LogP contribution in [0.1, 0.15) is 46.1 Å². The molecule has 2 heterocycles. The fourth-order valence-electron chi connectivity index (χ4n) is 2.19. The van der Waals surface area contributed by atoms with E-state index in [1.807, 2.05) is 10.9 Å². The smallest absolute Gasteiger partial charge is 0.0775 e. The van der Waals surface area contributed by atoms with Crippen molar-refractivity contribution >= 4 is 0 Å². The molecule has 1 N–H and O–H groups in total. The SMILES string of the molecule is CC1CCC(Cn2cc(CNC(C)(C)C)cn2)O1. The molecule has 0 amide bonds.